The van der Waals surface area contributed by atoms with E-state index in [0.29, 0.717) is 19.3 Å². The predicted molar refractivity (Wildman–Crippen MR) is 52.7 cm³/mol. The summed E-state index contributed by atoms with van der Waals surface area (Å²) in [5, 5.41) is 7.68. The molecule has 14 heavy (non-hydrogen) atoms. The Kier molecular flexibility index (Phi) is 3.48. The van der Waals surface area contributed by atoms with Crippen LogP contribution in [0.5, 0.6) is 0 Å². The number of nitrogens with two attached hydrogens (primary N) is 1. The number of sulfonamides is 1. The van der Waals surface area contributed by atoms with Crippen molar-refractivity contribution in [3.05, 3.63) is 0 Å². The Morgan fingerprint density at radius 3 is 2.57 bits per heavy atom. The predicted octanol–water partition coefficient (Wildman–Crippen LogP) is -0.302. The number of hydrogen-bond acceptors (Lipinski definition) is 4. The highest BCUT2D eigenvalue weighted by atomic mass is 32.2. The average Bonchev–Trinajstić information content (AvgIpc) is 2.02. The van der Waals surface area contributed by atoms with Crippen molar-refractivity contribution in [3.63, 3.8) is 0 Å². The fraction of sp³-hybridized carbons (Fsp3) is 0.875. The summed E-state index contributed by atoms with van der Waals surface area (Å²) >= 11 is 0. The molecule has 0 spiro atoms. The van der Waals surface area contributed by atoms with Gasteiger partial charge in [-0.2, -0.15) is 5.26 Å². The third kappa shape index (κ3) is 2.44. The highest BCUT2D eigenvalue weighted by molar-refractivity contribution is 7.90. The summed E-state index contributed by atoms with van der Waals surface area (Å²) in [5.41, 5.74) is 5.53. The quantitative estimate of drug-likeness (QED) is 0.675. The molecular weight excluding hydrogens is 202 g/mol. The number of rotatable bonds is 4. The minimum atomic E-state index is -3.47. The van der Waals surface area contributed by atoms with Crippen LogP contribution in [-0.4, -0.2) is 25.8 Å². The molecule has 0 amide bonds. The smallest absolute Gasteiger partial charge is 0.228 e. The molecule has 0 aliphatic heterocycles. The standard InChI is InChI=1S/C8H15N3O2S/c1-2-8(5-9)14(12,13)11-7-3-6(10)4-7/h6-8,11H,2-4,10H2,1H3. The number of nitriles is 1. The summed E-state index contributed by atoms with van der Waals surface area (Å²) in [6.45, 7) is 1.68. The van der Waals surface area contributed by atoms with Crippen LogP contribution in [0, 0.1) is 11.3 Å². The Balaban J connectivity index is 2.54. The maximum absolute atomic E-state index is 11.5. The van der Waals surface area contributed by atoms with Crippen LogP contribution in [0.4, 0.5) is 0 Å². The van der Waals surface area contributed by atoms with Crippen LogP contribution < -0.4 is 10.5 Å². The first kappa shape index (κ1) is 11.4. The molecule has 0 heterocycles. The Labute approximate surface area is 84.3 Å². The molecule has 0 saturated heterocycles. The van der Waals surface area contributed by atoms with Crippen molar-refractivity contribution in [2.24, 2.45) is 5.73 Å². The van der Waals surface area contributed by atoms with Crippen molar-refractivity contribution in [2.45, 2.75) is 43.5 Å². The van der Waals surface area contributed by atoms with E-state index in [2.05, 4.69) is 4.72 Å². The van der Waals surface area contributed by atoms with Gasteiger partial charge in [0.25, 0.3) is 0 Å². The fourth-order valence-electron chi connectivity index (χ4n) is 1.45. The summed E-state index contributed by atoms with van der Waals surface area (Å²) in [5.74, 6) is 0. The minimum absolute atomic E-state index is 0.0719. The molecule has 3 N–H and O–H groups in total. The van der Waals surface area contributed by atoms with Gasteiger partial charge >= 0.3 is 0 Å². The summed E-state index contributed by atoms with van der Waals surface area (Å²) in [6, 6.07) is 1.80. The average molecular weight is 217 g/mol. The van der Waals surface area contributed by atoms with Crippen LogP contribution in [0.15, 0.2) is 0 Å². The molecule has 1 saturated carbocycles. The maximum atomic E-state index is 11.5. The van der Waals surface area contributed by atoms with Gasteiger partial charge in [-0.1, -0.05) is 6.92 Å². The lowest BCUT2D eigenvalue weighted by molar-refractivity contribution is 0.326. The number of hydrogen-bond donors (Lipinski definition) is 2. The fourth-order valence-corrected chi connectivity index (χ4v) is 2.85. The summed E-state index contributed by atoms with van der Waals surface area (Å²) in [6.07, 6.45) is 1.65. The molecule has 6 heteroatoms. The summed E-state index contributed by atoms with van der Waals surface area (Å²) in [7, 11) is -3.47. The zero-order valence-corrected chi connectivity index (χ0v) is 8.92. The van der Waals surface area contributed by atoms with Gasteiger partial charge in [0.1, 0.15) is 0 Å². The Hall–Kier alpha value is -0.640. The zero-order valence-electron chi connectivity index (χ0n) is 8.10. The Bertz CT molecular complexity index is 327. The van der Waals surface area contributed by atoms with E-state index in [1.807, 2.05) is 0 Å². The Morgan fingerprint density at radius 2 is 2.21 bits per heavy atom. The molecule has 0 aromatic rings. The van der Waals surface area contributed by atoms with Crippen LogP contribution in [0.25, 0.3) is 0 Å². The summed E-state index contributed by atoms with van der Waals surface area (Å²) < 4.78 is 25.6. The van der Waals surface area contributed by atoms with Crippen molar-refractivity contribution in [2.75, 3.05) is 0 Å². The lowest BCUT2D eigenvalue weighted by atomic mass is 9.89. The second-order valence-electron chi connectivity index (χ2n) is 3.62. The Morgan fingerprint density at radius 1 is 1.64 bits per heavy atom. The van der Waals surface area contributed by atoms with E-state index in [-0.39, 0.29) is 12.1 Å². The SMILES string of the molecule is CCC(C#N)S(=O)(=O)NC1CC(N)C1. The minimum Gasteiger partial charge on any atom is -0.328 e. The monoisotopic (exact) mass is 217 g/mol. The van der Waals surface area contributed by atoms with Gasteiger partial charge in [0, 0.05) is 12.1 Å². The highest BCUT2D eigenvalue weighted by Crippen LogP contribution is 2.19. The highest BCUT2D eigenvalue weighted by Gasteiger charge is 2.32. The lowest BCUT2D eigenvalue weighted by Crippen LogP contribution is -2.52. The van der Waals surface area contributed by atoms with Crippen LogP contribution in [-0.2, 0) is 10.0 Å². The van der Waals surface area contributed by atoms with E-state index in [0.717, 1.165) is 0 Å². The van der Waals surface area contributed by atoms with E-state index >= 15 is 0 Å². The van der Waals surface area contributed by atoms with Gasteiger partial charge in [0.2, 0.25) is 10.0 Å². The van der Waals surface area contributed by atoms with Crippen LogP contribution in [0.2, 0.25) is 0 Å². The number of nitrogens with zero attached hydrogens (tertiary/aromatic N) is 1. The summed E-state index contributed by atoms with van der Waals surface area (Å²) in [4.78, 5) is 0. The van der Waals surface area contributed by atoms with Gasteiger partial charge < -0.3 is 5.73 Å². The third-order valence-corrected chi connectivity index (χ3v) is 4.24. The number of nitrogens with one attached hydrogen (secondary N) is 1. The molecule has 80 valence electrons. The molecule has 0 radical (unpaired) electrons. The van der Waals surface area contributed by atoms with Crippen LogP contribution in [0.1, 0.15) is 26.2 Å². The molecule has 5 nitrogen and oxygen atoms in total. The molecule has 0 aromatic carbocycles. The molecule has 0 bridgehead atoms. The van der Waals surface area contributed by atoms with Gasteiger partial charge in [-0.15, -0.1) is 0 Å². The molecule has 1 aliphatic rings. The first-order chi connectivity index (χ1) is 6.49. The van der Waals surface area contributed by atoms with E-state index in [1.165, 1.54) is 0 Å². The lowest BCUT2D eigenvalue weighted by Gasteiger charge is -2.33. The van der Waals surface area contributed by atoms with Crippen molar-refractivity contribution < 1.29 is 8.42 Å². The first-order valence-electron chi connectivity index (χ1n) is 4.66. The van der Waals surface area contributed by atoms with Gasteiger partial charge in [-0.05, 0) is 19.3 Å². The maximum Gasteiger partial charge on any atom is 0.228 e. The van der Waals surface area contributed by atoms with E-state index < -0.39 is 15.3 Å². The topological polar surface area (TPSA) is 96.0 Å². The zero-order chi connectivity index (χ0) is 10.8. The molecule has 1 atom stereocenters. The molecular formula is C8H15N3O2S. The molecule has 1 aliphatic carbocycles. The van der Waals surface area contributed by atoms with Crippen LogP contribution in [0.3, 0.4) is 0 Å². The van der Waals surface area contributed by atoms with Crippen molar-refractivity contribution >= 4 is 10.0 Å². The van der Waals surface area contributed by atoms with Gasteiger partial charge in [-0.3, -0.25) is 0 Å². The van der Waals surface area contributed by atoms with Crippen molar-refractivity contribution in [3.8, 4) is 6.07 Å². The van der Waals surface area contributed by atoms with Gasteiger partial charge in [-0.25, -0.2) is 13.1 Å². The van der Waals surface area contributed by atoms with Crippen LogP contribution >= 0.6 is 0 Å². The van der Waals surface area contributed by atoms with Gasteiger partial charge in [0.15, 0.2) is 5.25 Å². The van der Waals surface area contributed by atoms with E-state index in [1.54, 1.807) is 13.0 Å². The largest absolute Gasteiger partial charge is 0.328 e. The first-order valence-corrected chi connectivity index (χ1v) is 6.20. The van der Waals surface area contributed by atoms with Crippen molar-refractivity contribution in [1.29, 1.82) is 5.26 Å². The molecule has 0 aromatic heterocycles. The molecule has 1 fully saturated rings. The second kappa shape index (κ2) is 4.26. The van der Waals surface area contributed by atoms with Crippen molar-refractivity contribution in [1.82, 2.24) is 4.72 Å². The molecule has 1 rings (SSSR count). The normalized spacial score (nSPS) is 28.9. The third-order valence-electron chi connectivity index (χ3n) is 2.39. The van der Waals surface area contributed by atoms with E-state index in [4.69, 9.17) is 11.0 Å². The second-order valence-corrected chi connectivity index (χ2v) is 5.51. The molecule has 1 unspecified atom stereocenters. The van der Waals surface area contributed by atoms with E-state index in [9.17, 15) is 8.42 Å². The van der Waals surface area contributed by atoms with Gasteiger partial charge in [0.05, 0.1) is 6.07 Å².